The summed E-state index contributed by atoms with van der Waals surface area (Å²) < 4.78 is 18.4. The number of aromatic nitrogens is 2. The fourth-order valence-electron chi connectivity index (χ4n) is 2.75. The highest BCUT2D eigenvalue weighted by atomic mass is 16.6. The molecule has 1 aromatic heterocycles. The molecular formula is C19H24N2O4. The molecule has 2 heterocycles. The SMILES string of the molecule is C[C@@H](OC[C@@H]1CCCO1)C(=O)OCc1nccn1Cc1ccccc1. The van der Waals surface area contributed by atoms with E-state index < -0.39 is 6.10 Å². The molecule has 0 bridgehead atoms. The van der Waals surface area contributed by atoms with Gasteiger partial charge in [0.1, 0.15) is 12.4 Å². The van der Waals surface area contributed by atoms with Crippen molar-refractivity contribution in [2.75, 3.05) is 13.2 Å². The molecule has 6 heteroatoms. The predicted octanol–water partition coefficient (Wildman–Crippen LogP) is 2.56. The lowest BCUT2D eigenvalue weighted by Gasteiger charge is -2.15. The average Bonchev–Trinajstić information content (AvgIpc) is 3.30. The van der Waals surface area contributed by atoms with E-state index in [4.69, 9.17) is 14.2 Å². The van der Waals surface area contributed by atoms with Crippen molar-refractivity contribution in [2.24, 2.45) is 0 Å². The van der Waals surface area contributed by atoms with Crippen molar-refractivity contribution in [3.8, 4) is 0 Å². The van der Waals surface area contributed by atoms with Crippen molar-refractivity contribution >= 4 is 5.97 Å². The first-order valence-electron chi connectivity index (χ1n) is 8.66. The van der Waals surface area contributed by atoms with Crippen LogP contribution in [-0.2, 0) is 32.2 Å². The summed E-state index contributed by atoms with van der Waals surface area (Å²) in [5, 5.41) is 0. The highest BCUT2D eigenvalue weighted by Crippen LogP contribution is 2.13. The molecular weight excluding hydrogens is 320 g/mol. The van der Waals surface area contributed by atoms with Gasteiger partial charge in [-0.25, -0.2) is 9.78 Å². The van der Waals surface area contributed by atoms with Crippen LogP contribution in [0, 0.1) is 0 Å². The smallest absolute Gasteiger partial charge is 0.335 e. The summed E-state index contributed by atoms with van der Waals surface area (Å²) in [6.07, 6.45) is 5.12. The molecule has 0 saturated carbocycles. The van der Waals surface area contributed by atoms with Gasteiger partial charge in [-0.1, -0.05) is 30.3 Å². The minimum atomic E-state index is -0.610. The maximum atomic E-state index is 12.1. The van der Waals surface area contributed by atoms with Gasteiger partial charge in [0.05, 0.1) is 12.7 Å². The Balaban J connectivity index is 1.46. The van der Waals surface area contributed by atoms with Crippen LogP contribution in [-0.4, -0.2) is 40.9 Å². The number of nitrogens with zero attached hydrogens (tertiary/aromatic N) is 2. The van der Waals surface area contributed by atoms with E-state index in [1.165, 1.54) is 5.56 Å². The van der Waals surface area contributed by atoms with Crippen LogP contribution >= 0.6 is 0 Å². The Morgan fingerprint density at radius 1 is 1.40 bits per heavy atom. The van der Waals surface area contributed by atoms with E-state index in [1.807, 2.05) is 29.0 Å². The standard InChI is InChI=1S/C19H24N2O4/c1-15(24-13-17-8-5-11-23-17)19(22)25-14-18-20-9-10-21(18)12-16-6-3-2-4-7-16/h2-4,6-7,9-10,15,17H,5,8,11-14H2,1H3/t15-,17+/m1/s1. The van der Waals surface area contributed by atoms with Gasteiger partial charge >= 0.3 is 5.97 Å². The lowest BCUT2D eigenvalue weighted by atomic mass is 10.2. The third-order valence-electron chi connectivity index (χ3n) is 4.23. The minimum absolute atomic E-state index is 0.0972. The number of rotatable bonds is 8. The van der Waals surface area contributed by atoms with Crippen molar-refractivity contribution in [1.82, 2.24) is 9.55 Å². The molecule has 0 N–H and O–H groups in total. The van der Waals surface area contributed by atoms with Crippen LogP contribution < -0.4 is 0 Å². The molecule has 134 valence electrons. The lowest BCUT2D eigenvalue weighted by Crippen LogP contribution is -2.27. The van der Waals surface area contributed by atoms with Crippen molar-refractivity contribution in [3.05, 3.63) is 54.1 Å². The molecule has 1 fully saturated rings. The van der Waals surface area contributed by atoms with E-state index in [-0.39, 0.29) is 18.7 Å². The molecule has 3 rings (SSSR count). The zero-order valence-corrected chi connectivity index (χ0v) is 14.5. The van der Waals surface area contributed by atoms with E-state index >= 15 is 0 Å². The number of ether oxygens (including phenoxy) is 3. The number of carbonyl (C=O) groups excluding carboxylic acids is 1. The van der Waals surface area contributed by atoms with Gasteiger partial charge in [-0.3, -0.25) is 0 Å². The quantitative estimate of drug-likeness (QED) is 0.689. The lowest BCUT2D eigenvalue weighted by molar-refractivity contribution is -0.159. The summed E-state index contributed by atoms with van der Waals surface area (Å²) in [4.78, 5) is 16.4. The number of benzene rings is 1. The van der Waals surface area contributed by atoms with Crippen molar-refractivity contribution in [2.45, 2.75) is 45.1 Å². The molecule has 6 nitrogen and oxygen atoms in total. The van der Waals surface area contributed by atoms with Crippen LogP contribution in [0.5, 0.6) is 0 Å². The number of hydrogen-bond donors (Lipinski definition) is 0. The Bertz CT molecular complexity index is 665. The van der Waals surface area contributed by atoms with E-state index in [2.05, 4.69) is 17.1 Å². The first kappa shape index (κ1) is 17.6. The molecule has 0 amide bonds. The Hall–Kier alpha value is -2.18. The second kappa shape index (κ2) is 8.78. The maximum Gasteiger partial charge on any atom is 0.335 e. The molecule has 2 aromatic rings. The number of carbonyl (C=O) groups is 1. The van der Waals surface area contributed by atoms with Gasteiger partial charge in [0.25, 0.3) is 0 Å². The molecule has 25 heavy (non-hydrogen) atoms. The fraction of sp³-hybridized carbons (Fsp3) is 0.474. The third-order valence-corrected chi connectivity index (χ3v) is 4.23. The van der Waals surface area contributed by atoms with Crippen LogP contribution in [0.25, 0.3) is 0 Å². The van der Waals surface area contributed by atoms with Gasteiger partial charge in [-0.15, -0.1) is 0 Å². The molecule has 0 spiro atoms. The Morgan fingerprint density at radius 2 is 2.24 bits per heavy atom. The van der Waals surface area contributed by atoms with E-state index in [1.54, 1.807) is 13.1 Å². The van der Waals surface area contributed by atoms with Crippen LogP contribution in [0.15, 0.2) is 42.7 Å². The zero-order chi connectivity index (χ0) is 17.5. The molecule has 1 aliphatic rings. The molecule has 0 unspecified atom stereocenters. The van der Waals surface area contributed by atoms with Crippen molar-refractivity contribution in [1.29, 1.82) is 0 Å². The van der Waals surface area contributed by atoms with Crippen LogP contribution in [0.4, 0.5) is 0 Å². The second-order valence-corrected chi connectivity index (χ2v) is 6.18. The Labute approximate surface area is 147 Å². The third kappa shape index (κ3) is 5.14. The largest absolute Gasteiger partial charge is 0.456 e. The minimum Gasteiger partial charge on any atom is -0.456 e. The average molecular weight is 344 g/mol. The monoisotopic (exact) mass is 344 g/mol. The molecule has 1 aliphatic heterocycles. The topological polar surface area (TPSA) is 62.6 Å². The molecule has 0 radical (unpaired) electrons. The number of hydrogen-bond acceptors (Lipinski definition) is 5. The maximum absolute atomic E-state index is 12.1. The van der Waals surface area contributed by atoms with Gasteiger partial charge in [0.15, 0.2) is 6.10 Å². The van der Waals surface area contributed by atoms with Gasteiger partial charge < -0.3 is 18.8 Å². The molecule has 2 atom stereocenters. The summed E-state index contributed by atoms with van der Waals surface area (Å²) in [5.41, 5.74) is 1.17. The number of esters is 1. The van der Waals surface area contributed by atoms with E-state index in [9.17, 15) is 4.79 Å². The van der Waals surface area contributed by atoms with E-state index in [0.29, 0.717) is 19.0 Å². The number of imidazole rings is 1. The predicted molar refractivity (Wildman–Crippen MR) is 92.0 cm³/mol. The molecule has 0 aliphatic carbocycles. The highest BCUT2D eigenvalue weighted by Gasteiger charge is 2.21. The van der Waals surface area contributed by atoms with Crippen molar-refractivity contribution < 1.29 is 19.0 Å². The summed E-state index contributed by atoms with van der Waals surface area (Å²) in [5.74, 6) is 0.329. The van der Waals surface area contributed by atoms with Gasteiger partial charge in [-0.2, -0.15) is 0 Å². The first-order chi connectivity index (χ1) is 12.2. The highest BCUT2D eigenvalue weighted by molar-refractivity contribution is 5.74. The van der Waals surface area contributed by atoms with Crippen LogP contribution in [0.1, 0.15) is 31.2 Å². The molecule has 1 aromatic carbocycles. The summed E-state index contributed by atoms with van der Waals surface area (Å²) in [6.45, 7) is 3.73. The Morgan fingerprint density at radius 3 is 3.00 bits per heavy atom. The second-order valence-electron chi connectivity index (χ2n) is 6.18. The van der Waals surface area contributed by atoms with E-state index in [0.717, 1.165) is 19.4 Å². The van der Waals surface area contributed by atoms with Crippen LogP contribution in [0.2, 0.25) is 0 Å². The fourth-order valence-corrected chi connectivity index (χ4v) is 2.75. The van der Waals surface area contributed by atoms with Crippen molar-refractivity contribution in [3.63, 3.8) is 0 Å². The summed E-state index contributed by atoms with van der Waals surface area (Å²) in [6, 6.07) is 10.1. The van der Waals surface area contributed by atoms with Gasteiger partial charge in [0, 0.05) is 25.5 Å². The summed E-state index contributed by atoms with van der Waals surface area (Å²) in [7, 11) is 0. The Kier molecular flexibility index (Phi) is 6.19. The summed E-state index contributed by atoms with van der Waals surface area (Å²) >= 11 is 0. The van der Waals surface area contributed by atoms with Gasteiger partial charge in [-0.05, 0) is 25.3 Å². The normalized spacial score (nSPS) is 18.2. The first-order valence-corrected chi connectivity index (χ1v) is 8.66. The van der Waals surface area contributed by atoms with Crippen LogP contribution in [0.3, 0.4) is 0 Å². The molecule has 1 saturated heterocycles. The zero-order valence-electron chi connectivity index (χ0n) is 14.5. The van der Waals surface area contributed by atoms with Gasteiger partial charge in [0.2, 0.25) is 0 Å².